The van der Waals surface area contributed by atoms with E-state index >= 15 is 0 Å². The van der Waals surface area contributed by atoms with Gasteiger partial charge < -0.3 is 14.5 Å². The predicted octanol–water partition coefficient (Wildman–Crippen LogP) is 2.53. The molecule has 0 saturated carbocycles. The summed E-state index contributed by atoms with van der Waals surface area (Å²) in [6, 6.07) is 7.90. The Bertz CT molecular complexity index is 454. The zero-order valence-corrected chi connectivity index (χ0v) is 10.0. The summed E-state index contributed by atoms with van der Waals surface area (Å²) >= 11 is 0. The molecular weight excluding hydrogens is 216 g/mol. The van der Waals surface area contributed by atoms with Gasteiger partial charge in [-0.25, -0.2) is 4.98 Å². The van der Waals surface area contributed by atoms with E-state index in [9.17, 15) is 0 Å². The highest BCUT2D eigenvalue weighted by Crippen LogP contribution is 2.16. The number of pyridine rings is 1. The highest BCUT2D eigenvalue weighted by atomic mass is 16.5. The third kappa shape index (κ3) is 2.85. The van der Waals surface area contributed by atoms with Gasteiger partial charge in [0.2, 0.25) is 5.88 Å². The van der Waals surface area contributed by atoms with Gasteiger partial charge in [-0.2, -0.15) is 0 Å². The molecule has 17 heavy (non-hydrogen) atoms. The first-order valence-corrected chi connectivity index (χ1v) is 5.56. The summed E-state index contributed by atoms with van der Waals surface area (Å²) in [6.45, 7) is 2.75. The molecule has 0 unspecified atom stereocenters. The summed E-state index contributed by atoms with van der Waals surface area (Å²) in [4.78, 5) is 4.15. The predicted molar refractivity (Wildman–Crippen MR) is 64.8 cm³/mol. The molecule has 4 nitrogen and oxygen atoms in total. The number of hydrogen-bond donors (Lipinski definition) is 1. The van der Waals surface area contributed by atoms with Gasteiger partial charge in [-0.15, -0.1) is 0 Å². The Morgan fingerprint density at radius 1 is 1.41 bits per heavy atom. The maximum Gasteiger partial charge on any atom is 0.217 e. The third-order valence-corrected chi connectivity index (χ3v) is 2.61. The lowest BCUT2D eigenvalue weighted by Gasteiger charge is -2.12. The van der Waals surface area contributed by atoms with Crippen molar-refractivity contribution >= 4 is 0 Å². The molecular formula is C13H16N2O2. The Hall–Kier alpha value is -1.81. The van der Waals surface area contributed by atoms with Crippen LogP contribution in [-0.2, 0) is 6.54 Å². The SMILES string of the molecule is COc1ncccc1CN[C@H](C)c1ccco1. The van der Waals surface area contributed by atoms with Gasteiger partial charge in [-0.3, -0.25) is 0 Å². The lowest BCUT2D eigenvalue weighted by atomic mass is 10.2. The van der Waals surface area contributed by atoms with Crippen LogP contribution < -0.4 is 10.1 Å². The van der Waals surface area contributed by atoms with Gasteiger partial charge in [0.15, 0.2) is 0 Å². The molecule has 1 N–H and O–H groups in total. The minimum Gasteiger partial charge on any atom is -0.481 e. The van der Waals surface area contributed by atoms with Gasteiger partial charge in [0.25, 0.3) is 0 Å². The maximum absolute atomic E-state index is 5.33. The Morgan fingerprint density at radius 2 is 2.29 bits per heavy atom. The van der Waals surface area contributed by atoms with Crippen molar-refractivity contribution in [3.05, 3.63) is 48.0 Å². The van der Waals surface area contributed by atoms with Crippen molar-refractivity contribution in [1.29, 1.82) is 0 Å². The molecule has 2 aromatic rings. The van der Waals surface area contributed by atoms with E-state index in [-0.39, 0.29) is 6.04 Å². The fourth-order valence-corrected chi connectivity index (χ4v) is 1.64. The number of furan rings is 1. The largest absolute Gasteiger partial charge is 0.481 e. The van der Waals surface area contributed by atoms with E-state index in [0.717, 1.165) is 11.3 Å². The van der Waals surface area contributed by atoms with Crippen molar-refractivity contribution in [1.82, 2.24) is 10.3 Å². The minimum atomic E-state index is 0.162. The average molecular weight is 232 g/mol. The Morgan fingerprint density at radius 3 is 3.00 bits per heavy atom. The van der Waals surface area contributed by atoms with E-state index in [1.165, 1.54) is 0 Å². The van der Waals surface area contributed by atoms with E-state index in [1.807, 2.05) is 24.3 Å². The summed E-state index contributed by atoms with van der Waals surface area (Å²) in [7, 11) is 1.63. The smallest absolute Gasteiger partial charge is 0.217 e. The molecule has 0 aliphatic rings. The number of aromatic nitrogens is 1. The normalized spacial score (nSPS) is 12.4. The van der Waals surface area contributed by atoms with Gasteiger partial charge in [0.05, 0.1) is 19.4 Å². The number of nitrogens with zero attached hydrogens (tertiary/aromatic N) is 1. The van der Waals surface area contributed by atoms with Crippen LogP contribution in [0, 0.1) is 0 Å². The summed E-state index contributed by atoms with van der Waals surface area (Å²) in [5, 5.41) is 3.36. The molecule has 0 amide bonds. The van der Waals surface area contributed by atoms with Gasteiger partial charge in [0.1, 0.15) is 5.76 Å². The van der Waals surface area contributed by atoms with Crippen molar-refractivity contribution in [2.45, 2.75) is 19.5 Å². The van der Waals surface area contributed by atoms with Crippen LogP contribution >= 0.6 is 0 Å². The second-order valence-corrected chi connectivity index (χ2v) is 3.79. The summed E-state index contributed by atoms with van der Waals surface area (Å²) < 4.78 is 10.5. The van der Waals surface area contributed by atoms with Crippen LogP contribution in [0.25, 0.3) is 0 Å². The molecule has 0 radical (unpaired) electrons. The summed E-state index contributed by atoms with van der Waals surface area (Å²) in [5.41, 5.74) is 1.04. The van der Waals surface area contributed by atoms with Crippen molar-refractivity contribution < 1.29 is 9.15 Å². The first-order chi connectivity index (χ1) is 8.31. The van der Waals surface area contributed by atoms with E-state index < -0.39 is 0 Å². The summed E-state index contributed by atoms with van der Waals surface area (Å²) in [5.74, 6) is 1.58. The molecule has 0 spiro atoms. The molecule has 0 fully saturated rings. The molecule has 4 heteroatoms. The van der Waals surface area contributed by atoms with Crippen LogP contribution in [0.3, 0.4) is 0 Å². The standard InChI is InChI=1S/C13H16N2O2/c1-10(12-6-4-8-17-12)15-9-11-5-3-7-14-13(11)16-2/h3-8,10,15H,9H2,1-2H3/t10-/m1/s1. The summed E-state index contributed by atoms with van der Waals surface area (Å²) in [6.07, 6.45) is 3.40. The van der Waals surface area contributed by atoms with E-state index in [0.29, 0.717) is 12.4 Å². The molecule has 0 aliphatic heterocycles. The van der Waals surface area contributed by atoms with Gasteiger partial charge in [-0.1, -0.05) is 6.07 Å². The Kier molecular flexibility index (Phi) is 3.77. The van der Waals surface area contributed by atoms with E-state index in [4.69, 9.17) is 9.15 Å². The third-order valence-electron chi connectivity index (χ3n) is 2.61. The number of ether oxygens (including phenoxy) is 1. The second kappa shape index (κ2) is 5.50. The molecule has 90 valence electrons. The Balaban J connectivity index is 1.98. The fraction of sp³-hybridized carbons (Fsp3) is 0.308. The zero-order chi connectivity index (χ0) is 12.1. The van der Waals surface area contributed by atoms with Crippen molar-refractivity contribution in [3.63, 3.8) is 0 Å². The second-order valence-electron chi connectivity index (χ2n) is 3.79. The molecule has 0 bridgehead atoms. The number of hydrogen-bond acceptors (Lipinski definition) is 4. The maximum atomic E-state index is 5.33. The zero-order valence-electron chi connectivity index (χ0n) is 10.0. The van der Waals surface area contributed by atoms with Crippen LogP contribution in [0.1, 0.15) is 24.3 Å². The van der Waals surface area contributed by atoms with Gasteiger partial charge in [-0.05, 0) is 25.1 Å². The van der Waals surface area contributed by atoms with Crippen molar-refractivity contribution in [3.8, 4) is 5.88 Å². The first-order valence-electron chi connectivity index (χ1n) is 5.56. The molecule has 0 aromatic carbocycles. The molecule has 2 heterocycles. The number of methoxy groups -OCH3 is 1. The lowest BCUT2D eigenvalue weighted by Crippen LogP contribution is -2.18. The van der Waals surface area contributed by atoms with Crippen LogP contribution in [0.15, 0.2) is 41.1 Å². The molecule has 0 aliphatic carbocycles. The number of nitrogens with one attached hydrogen (secondary N) is 1. The highest BCUT2D eigenvalue weighted by Gasteiger charge is 2.09. The topological polar surface area (TPSA) is 47.3 Å². The minimum absolute atomic E-state index is 0.162. The van der Waals surface area contributed by atoms with Gasteiger partial charge >= 0.3 is 0 Å². The fourth-order valence-electron chi connectivity index (χ4n) is 1.64. The monoisotopic (exact) mass is 232 g/mol. The molecule has 1 atom stereocenters. The molecule has 0 saturated heterocycles. The van der Waals surface area contributed by atoms with E-state index in [1.54, 1.807) is 19.6 Å². The quantitative estimate of drug-likeness (QED) is 0.860. The van der Waals surface area contributed by atoms with Crippen molar-refractivity contribution in [2.24, 2.45) is 0 Å². The number of rotatable bonds is 5. The Labute approximate surface area is 101 Å². The molecule has 2 aromatic heterocycles. The first kappa shape index (κ1) is 11.7. The van der Waals surface area contributed by atoms with Crippen LogP contribution in [0.4, 0.5) is 0 Å². The van der Waals surface area contributed by atoms with Crippen LogP contribution in [0.5, 0.6) is 5.88 Å². The average Bonchev–Trinajstić information content (AvgIpc) is 2.90. The van der Waals surface area contributed by atoms with Crippen molar-refractivity contribution in [2.75, 3.05) is 7.11 Å². The molecule has 2 rings (SSSR count). The van der Waals surface area contributed by atoms with Crippen LogP contribution in [-0.4, -0.2) is 12.1 Å². The lowest BCUT2D eigenvalue weighted by molar-refractivity contribution is 0.385. The van der Waals surface area contributed by atoms with E-state index in [2.05, 4.69) is 17.2 Å². The van der Waals surface area contributed by atoms with Crippen LogP contribution in [0.2, 0.25) is 0 Å². The van der Waals surface area contributed by atoms with Gasteiger partial charge in [0, 0.05) is 18.3 Å². The highest BCUT2D eigenvalue weighted by molar-refractivity contribution is 5.25.